The van der Waals surface area contributed by atoms with E-state index in [1.54, 1.807) is 24.1 Å². The van der Waals surface area contributed by atoms with E-state index in [2.05, 4.69) is 5.32 Å². The van der Waals surface area contributed by atoms with Crippen molar-refractivity contribution in [2.45, 2.75) is 11.8 Å². The van der Waals surface area contributed by atoms with Crippen LogP contribution in [0.4, 0.5) is 5.69 Å². The molecule has 4 rings (SSSR count). The summed E-state index contributed by atoms with van der Waals surface area (Å²) in [4.78, 5) is 27.3. The van der Waals surface area contributed by atoms with Gasteiger partial charge in [0, 0.05) is 18.8 Å². The van der Waals surface area contributed by atoms with Gasteiger partial charge in [-0.3, -0.25) is 9.59 Å². The first-order valence-corrected chi connectivity index (χ1v) is 7.99. The number of rotatable bonds is 2. The summed E-state index contributed by atoms with van der Waals surface area (Å²) in [6.45, 7) is 0.950. The van der Waals surface area contributed by atoms with Crippen LogP contribution in [0.15, 0.2) is 48.5 Å². The first-order chi connectivity index (χ1) is 11.7. The topological polar surface area (TPSA) is 58.6 Å². The summed E-state index contributed by atoms with van der Waals surface area (Å²) < 4.78 is 5.29. The number of hydrogen-bond donors (Lipinski definition) is 1. The lowest BCUT2D eigenvalue weighted by atomic mass is 9.81. The van der Waals surface area contributed by atoms with Gasteiger partial charge in [0.05, 0.1) is 18.1 Å². The monoisotopic (exact) mass is 322 g/mol. The molecule has 5 nitrogen and oxygen atoms in total. The maximum atomic E-state index is 12.9. The zero-order valence-corrected chi connectivity index (χ0v) is 13.4. The molecule has 1 spiro atoms. The van der Waals surface area contributed by atoms with E-state index in [0.29, 0.717) is 30.8 Å². The molecule has 1 saturated heterocycles. The molecule has 2 aromatic carbocycles. The molecule has 0 saturated carbocycles. The van der Waals surface area contributed by atoms with Crippen LogP contribution in [0.5, 0.6) is 5.75 Å². The van der Waals surface area contributed by atoms with Crippen molar-refractivity contribution in [3.8, 4) is 5.75 Å². The van der Waals surface area contributed by atoms with E-state index >= 15 is 0 Å². The molecular formula is C19H18N2O3. The number of nitrogens with zero attached hydrogens (tertiary/aromatic N) is 1. The predicted molar refractivity (Wildman–Crippen MR) is 90.3 cm³/mol. The minimum Gasteiger partial charge on any atom is -0.496 e. The number of ether oxygens (including phenoxy) is 1. The molecule has 2 amide bonds. The molecule has 0 aliphatic carbocycles. The lowest BCUT2D eigenvalue weighted by Crippen LogP contribution is -2.39. The number of fused-ring (bicyclic) bond motifs is 2. The lowest BCUT2D eigenvalue weighted by molar-refractivity contribution is -0.120. The van der Waals surface area contributed by atoms with Gasteiger partial charge in [0.25, 0.3) is 5.91 Å². The third-order valence-corrected chi connectivity index (χ3v) is 5.02. The molecule has 0 radical (unpaired) electrons. The maximum Gasteiger partial charge on any atom is 0.257 e. The lowest BCUT2D eigenvalue weighted by Gasteiger charge is -2.23. The van der Waals surface area contributed by atoms with Gasteiger partial charge in [-0.15, -0.1) is 0 Å². The third kappa shape index (κ3) is 2.01. The zero-order chi connectivity index (χ0) is 16.7. The van der Waals surface area contributed by atoms with Crippen LogP contribution < -0.4 is 10.1 Å². The summed E-state index contributed by atoms with van der Waals surface area (Å²) in [5.74, 6) is 0.445. The van der Waals surface area contributed by atoms with E-state index in [1.165, 1.54) is 0 Å². The summed E-state index contributed by atoms with van der Waals surface area (Å²) in [6.07, 6.45) is 0.636. The number of carbonyl (C=O) groups is 2. The smallest absolute Gasteiger partial charge is 0.257 e. The molecule has 2 aromatic rings. The molecule has 2 aliphatic rings. The molecule has 24 heavy (non-hydrogen) atoms. The molecular weight excluding hydrogens is 304 g/mol. The summed E-state index contributed by atoms with van der Waals surface area (Å²) in [7, 11) is 1.55. The quantitative estimate of drug-likeness (QED) is 0.924. The highest BCUT2D eigenvalue weighted by Gasteiger charge is 2.52. The van der Waals surface area contributed by atoms with Gasteiger partial charge < -0.3 is 15.0 Å². The van der Waals surface area contributed by atoms with Crippen molar-refractivity contribution < 1.29 is 14.3 Å². The number of carbonyl (C=O) groups excluding carboxylic acids is 2. The molecule has 1 N–H and O–H groups in total. The molecule has 1 fully saturated rings. The highest BCUT2D eigenvalue weighted by molar-refractivity contribution is 6.07. The molecule has 0 bridgehead atoms. The van der Waals surface area contributed by atoms with Gasteiger partial charge >= 0.3 is 0 Å². The molecule has 2 aliphatic heterocycles. The van der Waals surface area contributed by atoms with Crippen molar-refractivity contribution in [1.29, 1.82) is 0 Å². The van der Waals surface area contributed by atoms with Crippen LogP contribution in [0.1, 0.15) is 22.3 Å². The summed E-state index contributed by atoms with van der Waals surface area (Å²) >= 11 is 0. The highest BCUT2D eigenvalue weighted by Crippen LogP contribution is 2.44. The highest BCUT2D eigenvalue weighted by atomic mass is 16.5. The number of para-hydroxylation sites is 2. The van der Waals surface area contributed by atoms with Gasteiger partial charge in [-0.2, -0.15) is 0 Å². The van der Waals surface area contributed by atoms with Crippen LogP contribution >= 0.6 is 0 Å². The Hall–Kier alpha value is -2.82. The van der Waals surface area contributed by atoms with Gasteiger partial charge in [-0.25, -0.2) is 0 Å². The van der Waals surface area contributed by atoms with Crippen LogP contribution in [0.2, 0.25) is 0 Å². The second kappa shape index (κ2) is 5.37. The minimum absolute atomic E-state index is 0.0148. The molecule has 0 aromatic heterocycles. The fraction of sp³-hybridized carbons (Fsp3) is 0.263. The number of nitrogens with one attached hydrogen (secondary N) is 1. The summed E-state index contributed by atoms with van der Waals surface area (Å²) in [6, 6.07) is 14.9. The third-order valence-electron chi connectivity index (χ3n) is 5.02. The first-order valence-electron chi connectivity index (χ1n) is 7.99. The van der Waals surface area contributed by atoms with E-state index in [9.17, 15) is 9.59 Å². The maximum absolute atomic E-state index is 12.9. The number of amides is 2. The minimum atomic E-state index is -0.631. The number of anilines is 1. The van der Waals surface area contributed by atoms with Crippen molar-refractivity contribution in [3.63, 3.8) is 0 Å². The Morgan fingerprint density at radius 3 is 2.75 bits per heavy atom. The fourth-order valence-electron chi connectivity index (χ4n) is 3.75. The second-order valence-corrected chi connectivity index (χ2v) is 6.26. The summed E-state index contributed by atoms with van der Waals surface area (Å²) in [5, 5.41) is 2.95. The number of likely N-dealkylation sites (tertiary alicyclic amines) is 1. The van der Waals surface area contributed by atoms with Crippen molar-refractivity contribution in [1.82, 2.24) is 4.90 Å². The van der Waals surface area contributed by atoms with E-state index in [0.717, 1.165) is 11.3 Å². The van der Waals surface area contributed by atoms with E-state index < -0.39 is 5.41 Å². The Morgan fingerprint density at radius 2 is 1.92 bits per heavy atom. The Kier molecular flexibility index (Phi) is 3.30. The molecule has 5 heteroatoms. The van der Waals surface area contributed by atoms with Crippen LogP contribution in [0.25, 0.3) is 0 Å². The average Bonchev–Trinajstić information content (AvgIpc) is 3.18. The Labute approximate surface area is 140 Å². The molecule has 2 heterocycles. The van der Waals surface area contributed by atoms with Gasteiger partial charge in [0.15, 0.2) is 0 Å². The number of hydrogen-bond acceptors (Lipinski definition) is 3. The molecule has 1 atom stereocenters. The fourth-order valence-corrected chi connectivity index (χ4v) is 3.75. The Balaban J connectivity index is 1.66. The van der Waals surface area contributed by atoms with Crippen LogP contribution in [0.3, 0.4) is 0 Å². The normalized spacial score (nSPS) is 21.7. The van der Waals surface area contributed by atoms with Crippen LogP contribution in [-0.4, -0.2) is 36.9 Å². The van der Waals surface area contributed by atoms with Crippen molar-refractivity contribution in [2.24, 2.45) is 0 Å². The van der Waals surface area contributed by atoms with E-state index in [1.807, 2.05) is 36.4 Å². The van der Waals surface area contributed by atoms with E-state index in [-0.39, 0.29) is 11.8 Å². The first kappa shape index (κ1) is 14.8. The molecule has 1 unspecified atom stereocenters. The van der Waals surface area contributed by atoms with Crippen molar-refractivity contribution >= 4 is 17.5 Å². The average molecular weight is 322 g/mol. The number of benzene rings is 2. The van der Waals surface area contributed by atoms with Crippen LogP contribution in [0, 0.1) is 0 Å². The van der Waals surface area contributed by atoms with E-state index in [4.69, 9.17) is 4.74 Å². The summed E-state index contributed by atoms with van der Waals surface area (Å²) in [5.41, 5.74) is 1.75. The number of methoxy groups -OCH3 is 1. The largest absolute Gasteiger partial charge is 0.496 e. The van der Waals surface area contributed by atoms with Gasteiger partial charge in [0.2, 0.25) is 5.91 Å². The second-order valence-electron chi connectivity index (χ2n) is 6.26. The van der Waals surface area contributed by atoms with Crippen molar-refractivity contribution in [2.75, 3.05) is 25.5 Å². The molecule has 122 valence electrons. The van der Waals surface area contributed by atoms with Gasteiger partial charge in [0.1, 0.15) is 5.75 Å². The van der Waals surface area contributed by atoms with Gasteiger partial charge in [-0.1, -0.05) is 30.3 Å². The SMILES string of the molecule is COc1ccccc1C(=O)N1CCC2(C1)C(=O)Nc1ccccc12. The standard InChI is InChI=1S/C19H18N2O3/c1-24-16-9-5-2-6-13(16)17(22)21-11-10-19(12-21)14-7-3-4-8-15(14)20-18(19)23/h2-9H,10-12H2,1H3,(H,20,23). The Morgan fingerprint density at radius 1 is 1.17 bits per heavy atom. The predicted octanol–water partition coefficient (Wildman–Crippen LogP) is 2.43. The van der Waals surface area contributed by atoms with Crippen molar-refractivity contribution in [3.05, 3.63) is 59.7 Å². The Bertz CT molecular complexity index is 833. The van der Waals surface area contributed by atoms with Crippen LogP contribution in [-0.2, 0) is 10.2 Å². The van der Waals surface area contributed by atoms with Gasteiger partial charge in [-0.05, 0) is 30.2 Å². The zero-order valence-electron chi connectivity index (χ0n) is 13.4.